The SMILES string of the molecule is N.[AlH3].[AlH3].[Ti]. The van der Waals surface area contributed by atoms with E-state index in [9.17, 15) is 0 Å². The van der Waals surface area contributed by atoms with Crippen LogP contribution in [0.5, 0.6) is 0 Å². The van der Waals surface area contributed by atoms with Crippen LogP contribution in [-0.2, 0) is 21.7 Å². The maximum absolute atomic E-state index is 0. The van der Waals surface area contributed by atoms with Gasteiger partial charge in [0.1, 0.15) is 0 Å². The summed E-state index contributed by atoms with van der Waals surface area (Å²) in [7, 11) is 0. The first-order chi connectivity index (χ1) is 0. The van der Waals surface area contributed by atoms with Crippen molar-refractivity contribution in [3.8, 4) is 0 Å². The summed E-state index contributed by atoms with van der Waals surface area (Å²) in [5.41, 5.74) is 0. The Morgan fingerprint density at radius 1 is 0.750 bits per heavy atom. The van der Waals surface area contributed by atoms with Crippen LogP contribution in [0.1, 0.15) is 0 Å². The number of hydrogen-bond acceptors (Lipinski definition) is 1. The third kappa shape index (κ3) is 9.28. The molecule has 0 amide bonds. The van der Waals surface area contributed by atoms with Crippen LogP contribution in [-0.4, -0.2) is 34.7 Å². The van der Waals surface area contributed by atoms with Gasteiger partial charge in [0.15, 0.2) is 34.7 Å². The van der Waals surface area contributed by atoms with Crippen LogP contribution in [0.2, 0.25) is 0 Å². The summed E-state index contributed by atoms with van der Waals surface area (Å²) in [6.45, 7) is 0. The summed E-state index contributed by atoms with van der Waals surface area (Å²) in [5.74, 6) is 0. The quantitative estimate of drug-likeness (QED) is 0.366. The van der Waals surface area contributed by atoms with Crippen molar-refractivity contribution in [2.24, 2.45) is 0 Å². The summed E-state index contributed by atoms with van der Waals surface area (Å²) in [4.78, 5) is 0. The molecule has 0 bridgehead atoms. The Morgan fingerprint density at radius 2 is 0.750 bits per heavy atom. The molecule has 0 aromatic rings. The minimum atomic E-state index is 0. The smallest absolute Gasteiger partial charge is 0.187 e. The van der Waals surface area contributed by atoms with Crippen molar-refractivity contribution >= 4 is 34.7 Å². The summed E-state index contributed by atoms with van der Waals surface area (Å²) in [5, 5.41) is 0. The third-order valence-corrected chi connectivity index (χ3v) is 0. The van der Waals surface area contributed by atoms with Gasteiger partial charge in [0.05, 0.1) is 0 Å². The molecule has 0 saturated carbocycles. The molecule has 24 valence electrons. The molecular weight excluding hydrogens is 116 g/mol. The molecule has 0 aliphatic carbocycles. The predicted octanol–water partition coefficient (Wildman–Crippen LogP) is -2.21. The maximum Gasteiger partial charge on any atom is 0.187 e. The van der Waals surface area contributed by atoms with E-state index in [1.807, 2.05) is 0 Å². The van der Waals surface area contributed by atoms with Gasteiger partial charge in [-0.3, -0.25) is 0 Å². The zero-order valence-corrected chi connectivity index (χ0v) is 2.77. The van der Waals surface area contributed by atoms with Crippen LogP contribution in [0.3, 0.4) is 0 Å². The Balaban J connectivity index is 0. The van der Waals surface area contributed by atoms with Crippen LogP contribution in [0, 0.1) is 0 Å². The van der Waals surface area contributed by atoms with Crippen molar-refractivity contribution in [3.63, 3.8) is 0 Å². The molecule has 0 aromatic carbocycles. The van der Waals surface area contributed by atoms with Crippen LogP contribution in [0.25, 0.3) is 0 Å². The second-order valence-electron chi connectivity index (χ2n) is 0. The van der Waals surface area contributed by atoms with Crippen LogP contribution < -0.4 is 6.15 Å². The molecule has 0 heterocycles. The van der Waals surface area contributed by atoms with Crippen molar-refractivity contribution in [2.45, 2.75) is 0 Å². The zero-order valence-electron chi connectivity index (χ0n) is 1.21. The molecule has 4 heteroatoms. The third-order valence-electron chi connectivity index (χ3n) is 0. The van der Waals surface area contributed by atoms with Gasteiger partial charge in [-0.05, 0) is 0 Å². The van der Waals surface area contributed by atoms with Crippen molar-refractivity contribution < 1.29 is 21.7 Å². The first kappa shape index (κ1) is 42.6. The summed E-state index contributed by atoms with van der Waals surface area (Å²) < 4.78 is 0. The molecule has 0 spiro atoms. The molecule has 0 radical (unpaired) electrons. The molecule has 0 rings (SSSR count). The Hall–Kier alpha value is 1.74. The number of hydrogen-bond donors (Lipinski definition) is 1. The standard InChI is InChI=1S/2Al.H3N.Ti.6H/h;;1H3;;;;;;;. The monoisotopic (exact) mass is 125 g/mol. The van der Waals surface area contributed by atoms with E-state index in [0.717, 1.165) is 0 Å². The minimum absolute atomic E-state index is 0. The second-order valence-corrected chi connectivity index (χ2v) is 0. The molecule has 0 saturated heterocycles. The Morgan fingerprint density at radius 3 is 0.750 bits per heavy atom. The van der Waals surface area contributed by atoms with E-state index in [1.54, 1.807) is 0 Å². The Bertz CT molecular complexity index is 6.00. The molecular formula is H9Al2NTi. The van der Waals surface area contributed by atoms with Gasteiger partial charge < -0.3 is 6.15 Å². The van der Waals surface area contributed by atoms with E-state index >= 15 is 0 Å². The average Bonchev–Trinajstić information content (AvgIpc) is 0. The average molecular weight is 125 g/mol. The molecule has 0 aromatic heterocycles. The van der Waals surface area contributed by atoms with E-state index in [4.69, 9.17) is 0 Å². The van der Waals surface area contributed by atoms with E-state index in [0.29, 0.717) is 0 Å². The first-order valence-corrected chi connectivity index (χ1v) is 0. The van der Waals surface area contributed by atoms with Gasteiger partial charge in [0.2, 0.25) is 0 Å². The van der Waals surface area contributed by atoms with Crippen molar-refractivity contribution in [3.05, 3.63) is 0 Å². The molecule has 0 unspecified atom stereocenters. The van der Waals surface area contributed by atoms with Crippen molar-refractivity contribution in [2.75, 3.05) is 0 Å². The van der Waals surface area contributed by atoms with E-state index in [1.165, 1.54) is 0 Å². The fourth-order valence-corrected chi connectivity index (χ4v) is 0. The summed E-state index contributed by atoms with van der Waals surface area (Å²) in [6.07, 6.45) is 0. The topological polar surface area (TPSA) is 35.0 Å². The van der Waals surface area contributed by atoms with E-state index in [-0.39, 0.29) is 62.6 Å². The fraction of sp³-hybridized carbons (Fsp3) is 0. The van der Waals surface area contributed by atoms with Gasteiger partial charge in [0, 0.05) is 21.7 Å². The van der Waals surface area contributed by atoms with Gasteiger partial charge in [-0.25, -0.2) is 0 Å². The van der Waals surface area contributed by atoms with Crippen molar-refractivity contribution in [1.82, 2.24) is 6.15 Å². The number of rotatable bonds is 0. The van der Waals surface area contributed by atoms with Gasteiger partial charge in [-0.15, -0.1) is 0 Å². The maximum atomic E-state index is 0. The minimum Gasteiger partial charge on any atom is -0.344 e. The summed E-state index contributed by atoms with van der Waals surface area (Å²) in [6, 6.07) is 0. The first-order valence-electron chi connectivity index (χ1n) is 0. The molecule has 0 aliphatic rings. The molecule has 3 N–H and O–H groups in total. The van der Waals surface area contributed by atoms with Gasteiger partial charge in [-0.2, -0.15) is 0 Å². The molecule has 0 atom stereocenters. The van der Waals surface area contributed by atoms with Crippen LogP contribution >= 0.6 is 0 Å². The van der Waals surface area contributed by atoms with Gasteiger partial charge >= 0.3 is 0 Å². The molecule has 0 fully saturated rings. The Labute approximate surface area is 62.3 Å². The predicted molar refractivity (Wildman–Crippen MR) is 24.9 cm³/mol. The molecule has 0 aliphatic heterocycles. The van der Waals surface area contributed by atoms with Crippen LogP contribution in [0.15, 0.2) is 0 Å². The normalized spacial score (nSPS) is 0. The molecule has 1 nitrogen and oxygen atoms in total. The van der Waals surface area contributed by atoms with E-state index < -0.39 is 0 Å². The zero-order chi connectivity index (χ0) is 0. The van der Waals surface area contributed by atoms with Gasteiger partial charge in [-0.1, -0.05) is 0 Å². The largest absolute Gasteiger partial charge is 0.344 e. The Kier molecular flexibility index (Phi) is 233. The van der Waals surface area contributed by atoms with Crippen LogP contribution in [0.4, 0.5) is 0 Å². The van der Waals surface area contributed by atoms with Gasteiger partial charge in [0.25, 0.3) is 0 Å². The molecule has 4 heavy (non-hydrogen) atoms. The summed E-state index contributed by atoms with van der Waals surface area (Å²) >= 11 is 0. The van der Waals surface area contributed by atoms with Crippen molar-refractivity contribution in [1.29, 1.82) is 0 Å². The fourth-order valence-electron chi connectivity index (χ4n) is 0. The van der Waals surface area contributed by atoms with E-state index in [2.05, 4.69) is 0 Å². The second kappa shape index (κ2) is 21.9.